The number of nitrogens with one attached hydrogen (secondary N) is 2. The standard InChI is InChI=1S/C14H24F2N4O2/c1-10(11-6-19-20(5)7-11)17-8-14(15,16)9-18-12(21)22-13(2,3)4/h6-7,10,17H,8-9H2,1-5H3,(H,18,21). The molecule has 6 nitrogen and oxygen atoms in total. The monoisotopic (exact) mass is 318 g/mol. The highest BCUT2D eigenvalue weighted by Crippen LogP contribution is 2.15. The lowest BCUT2D eigenvalue weighted by Gasteiger charge is -2.23. The molecule has 1 unspecified atom stereocenters. The van der Waals surface area contributed by atoms with Crippen LogP contribution in [-0.4, -0.2) is 40.5 Å². The average molecular weight is 318 g/mol. The number of ether oxygens (including phenoxy) is 1. The minimum absolute atomic E-state index is 0.263. The van der Waals surface area contributed by atoms with Crippen LogP contribution in [0.5, 0.6) is 0 Å². The minimum atomic E-state index is -3.08. The summed E-state index contributed by atoms with van der Waals surface area (Å²) < 4.78 is 34.0. The first kappa shape index (κ1) is 18.3. The third-order valence-electron chi connectivity index (χ3n) is 2.78. The fourth-order valence-corrected chi connectivity index (χ4v) is 1.66. The van der Waals surface area contributed by atoms with Crippen LogP contribution < -0.4 is 10.6 Å². The van der Waals surface area contributed by atoms with Crippen molar-refractivity contribution in [2.75, 3.05) is 13.1 Å². The summed E-state index contributed by atoms with van der Waals surface area (Å²) in [7, 11) is 1.76. The Balaban J connectivity index is 2.38. The topological polar surface area (TPSA) is 68.2 Å². The Hall–Kier alpha value is -1.70. The number of alkyl carbamates (subject to hydrolysis) is 1. The number of aromatic nitrogens is 2. The second kappa shape index (κ2) is 7.04. The number of carbonyl (C=O) groups excluding carboxylic acids is 1. The maximum absolute atomic E-state index is 13.7. The van der Waals surface area contributed by atoms with Gasteiger partial charge in [0, 0.05) is 24.8 Å². The van der Waals surface area contributed by atoms with Crippen molar-refractivity contribution in [1.29, 1.82) is 0 Å². The molecule has 0 saturated heterocycles. The van der Waals surface area contributed by atoms with Gasteiger partial charge in [0.15, 0.2) is 0 Å². The van der Waals surface area contributed by atoms with E-state index in [1.54, 1.807) is 51.8 Å². The quantitative estimate of drug-likeness (QED) is 0.844. The minimum Gasteiger partial charge on any atom is -0.444 e. The number of hydrogen-bond acceptors (Lipinski definition) is 4. The maximum atomic E-state index is 13.7. The number of alkyl halides is 2. The number of halogens is 2. The van der Waals surface area contributed by atoms with Crippen molar-refractivity contribution in [2.45, 2.75) is 45.3 Å². The number of amides is 1. The molecule has 1 aromatic rings. The fourth-order valence-electron chi connectivity index (χ4n) is 1.66. The van der Waals surface area contributed by atoms with Gasteiger partial charge in [-0.1, -0.05) is 0 Å². The summed E-state index contributed by atoms with van der Waals surface area (Å²) in [6.45, 7) is 5.44. The molecule has 22 heavy (non-hydrogen) atoms. The van der Waals surface area contributed by atoms with Crippen molar-refractivity contribution in [2.24, 2.45) is 7.05 Å². The van der Waals surface area contributed by atoms with Crippen LogP contribution in [0.25, 0.3) is 0 Å². The molecule has 0 bridgehead atoms. The Bertz CT molecular complexity index is 497. The molecule has 1 aromatic heterocycles. The average Bonchev–Trinajstić information content (AvgIpc) is 2.79. The second-order valence-electron chi connectivity index (χ2n) is 6.26. The molecule has 126 valence electrons. The SMILES string of the molecule is CC(NCC(F)(F)CNC(=O)OC(C)(C)C)c1cnn(C)c1. The van der Waals surface area contributed by atoms with Crippen LogP contribution in [0.15, 0.2) is 12.4 Å². The van der Waals surface area contributed by atoms with E-state index in [-0.39, 0.29) is 6.04 Å². The lowest BCUT2D eigenvalue weighted by atomic mass is 10.2. The van der Waals surface area contributed by atoms with Gasteiger partial charge in [-0.25, -0.2) is 13.6 Å². The Morgan fingerprint density at radius 2 is 2.05 bits per heavy atom. The summed E-state index contributed by atoms with van der Waals surface area (Å²) in [5.74, 6) is -3.08. The lowest BCUT2D eigenvalue weighted by Crippen LogP contribution is -2.45. The predicted octanol–water partition coefficient (Wildman–Crippen LogP) is 2.23. The number of nitrogens with zero attached hydrogens (tertiary/aromatic N) is 2. The van der Waals surface area contributed by atoms with Crippen LogP contribution in [0.4, 0.5) is 13.6 Å². The van der Waals surface area contributed by atoms with Crippen molar-refractivity contribution in [3.8, 4) is 0 Å². The summed E-state index contributed by atoms with van der Waals surface area (Å²) in [5.41, 5.74) is 0.102. The van der Waals surface area contributed by atoms with E-state index in [2.05, 4.69) is 15.7 Å². The summed E-state index contributed by atoms with van der Waals surface area (Å²) in [6, 6.07) is -0.263. The van der Waals surface area contributed by atoms with Crippen molar-refractivity contribution in [1.82, 2.24) is 20.4 Å². The maximum Gasteiger partial charge on any atom is 0.407 e. The molecular weight excluding hydrogens is 294 g/mol. The van der Waals surface area contributed by atoms with Crippen LogP contribution in [-0.2, 0) is 11.8 Å². The third-order valence-corrected chi connectivity index (χ3v) is 2.78. The molecule has 0 saturated carbocycles. The van der Waals surface area contributed by atoms with E-state index >= 15 is 0 Å². The molecule has 1 rings (SSSR count). The highest BCUT2D eigenvalue weighted by molar-refractivity contribution is 5.67. The third kappa shape index (κ3) is 6.84. The molecule has 0 aliphatic rings. The first-order chi connectivity index (χ1) is 9.98. The molecule has 1 amide bonds. The van der Waals surface area contributed by atoms with Crippen molar-refractivity contribution in [3.63, 3.8) is 0 Å². The summed E-state index contributed by atoms with van der Waals surface area (Å²) in [4.78, 5) is 11.4. The van der Waals surface area contributed by atoms with E-state index < -0.39 is 30.7 Å². The van der Waals surface area contributed by atoms with Gasteiger partial charge in [0.25, 0.3) is 5.92 Å². The summed E-state index contributed by atoms with van der Waals surface area (Å²) in [5, 5.41) is 8.80. The zero-order valence-electron chi connectivity index (χ0n) is 13.6. The largest absolute Gasteiger partial charge is 0.444 e. The zero-order valence-corrected chi connectivity index (χ0v) is 13.6. The second-order valence-corrected chi connectivity index (χ2v) is 6.26. The molecule has 8 heteroatoms. The first-order valence-electron chi connectivity index (χ1n) is 7.05. The molecular formula is C14H24F2N4O2. The van der Waals surface area contributed by atoms with Gasteiger partial charge in [-0.05, 0) is 27.7 Å². The first-order valence-corrected chi connectivity index (χ1v) is 7.05. The fraction of sp³-hybridized carbons (Fsp3) is 0.714. The predicted molar refractivity (Wildman–Crippen MR) is 78.8 cm³/mol. The van der Waals surface area contributed by atoms with Gasteiger partial charge in [-0.2, -0.15) is 5.10 Å². The molecule has 0 fully saturated rings. The van der Waals surface area contributed by atoms with E-state index in [1.165, 1.54) is 0 Å². The smallest absolute Gasteiger partial charge is 0.407 e. The van der Waals surface area contributed by atoms with Gasteiger partial charge in [0.2, 0.25) is 0 Å². The van der Waals surface area contributed by atoms with E-state index in [0.717, 1.165) is 5.56 Å². The van der Waals surface area contributed by atoms with Gasteiger partial charge < -0.3 is 15.4 Å². The summed E-state index contributed by atoms with van der Waals surface area (Å²) in [6.07, 6.45) is 2.52. The Morgan fingerprint density at radius 1 is 1.41 bits per heavy atom. The Morgan fingerprint density at radius 3 is 2.55 bits per heavy atom. The number of carbonyl (C=O) groups is 1. The Labute approximate surface area is 129 Å². The van der Waals surface area contributed by atoms with Gasteiger partial charge in [-0.15, -0.1) is 0 Å². The number of rotatable bonds is 6. The van der Waals surface area contributed by atoms with E-state index in [9.17, 15) is 13.6 Å². The van der Waals surface area contributed by atoms with Crippen LogP contribution in [0.1, 0.15) is 39.3 Å². The Kier molecular flexibility index (Phi) is 5.87. The molecule has 0 aromatic carbocycles. The molecule has 1 atom stereocenters. The highest BCUT2D eigenvalue weighted by Gasteiger charge is 2.31. The van der Waals surface area contributed by atoms with Gasteiger partial charge >= 0.3 is 6.09 Å². The molecule has 0 radical (unpaired) electrons. The molecule has 0 spiro atoms. The van der Waals surface area contributed by atoms with Crippen molar-refractivity contribution >= 4 is 6.09 Å². The number of aryl methyl sites for hydroxylation is 1. The normalized spacial score (nSPS) is 13.8. The highest BCUT2D eigenvalue weighted by atomic mass is 19.3. The summed E-state index contributed by atoms with van der Waals surface area (Å²) >= 11 is 0. The van der Waals surface area contributed by atoms with Gasteiger partial charge in [-0.3, -0.25) is 4.68 Å². The van der Waals surface area contributed by atoms with E-state index in [1.807, 2.05) is 0 Å². The van der Waals surface area contributed by atoms with Crippen LogP contribution in [0.2, 0.25) is 0 Å². The zero-order chi connectivity index (χ0) is 17.0. The van der Waals surface area contributed by atoms with Crippen LogP contribution >= 0.6 is 0 Å². The van der Waals surface area contributed by atoms with Crippen LogP contribution in [0, 0.1) is 0 Å². The van der Waals surface area contributed by atoms with Crippen molar-refractivity contribution < 1.29 is 18.3 Å². The van der Waals surface area contributed by atoms with Gasteiger partial charge in [0.05, 0.1) is 19.3 Å². The lowest BCUT2D eigenvalue weighted by molar-refractivity contribution is -0.00525. The van der Waals surface area contributed by atoms with E-state index in [4.69, 9.17) is 4.74 Å². The molecule has 0 aliphatic carbocycles. The molecule has 1 heterocycles. The van der Waals surface area contributed by atoms with Gasteiger partial charge in [0.1, 0.15) is 5.60 Å². The number of hydrogen-bond donors (Lipinski definition) is 2. The van der Waals surface area contributed by atoms with Crippen molar-refractivity contribution in [3.05, 3.63) is 18.0 Å². The van der Waals surface area contributed by atoms with Crippen LogP contribution in [0.3, 0.4) is 0 Å². The van der Waals surface area contributed by atoms with E-state index in [0.29, 0.717) is 0 Å². The molecule has 2 N–H and O–H groups in total. The molecule has 0 aliphatic heterocycles.